The third-order valence-electron chi connectivity index (χ3n) is 9.55. The van der Waals surface area contributed by atoms with Crippen molar-refractivity contribution < 1.29 is 31.4 Å². The van der Waals surface area contributed by atoms with Crippen molar-refractivity contribution >= 4 is 39.6 Å². The number of hydrogen-bond donors (Lipinski definition) is 0. The molecule has 1 unspecified atom stereocenters. The number of fused-ring (bicyclic) bond motifs is 3. The largest absolute Gasteiger partial charge is 0 e. The van der Waals surface area contributed by atoms with Crippen molar-refractivity contribution in [3.8, 4) is 33.6 Å². The van der Waals surface area contributed by atoms with Gasteiger partial charge in [0.2, 0.25) is 0 Å². The Bertz CT molecular complexity index is 2700. The SMILES string of the molecule is [2H]C(C)(C)c1ccnc(-c2[c-]ccc3c2oc2cc(-c4ccccc4)ccc23)c1.[2H]C([2H])([2H])c1c[c-]c(-c2cc(C([2H])(C)c3ccccc3)[c]([Ge]([CH3])([CH3])[CH3])cn2)cc1.[Ir]. The normalized spacial score (nSPS) is 14.3. The fraction of sp³-hybridized carbons (Fsp3) is 0.184. The van der Waals surface area contributed by atoms with Crippen molar-refractivity contribution in [2.24, 2.45) is 0 Å². The number of hydrogen-bond acceptors (Lipinski definition) is 3. The van der Waals surface area contributed by atoms with Crippen molar-refractivity contribution in [2.75, 3.05) is 0 Å². The van der Waals surface area contributed by atoms with Gasteiger partial charge in [0.05, 0.1) is 5.58 Å². The Balaban J connectivity index is 0.000000195. The van der Waals surface area contributed by atoms with E-state index in [-0.39, 0.29) is 25.7 Å². The zero-order valence-corrected chi connectivity index (χ0v) is 35.9. The molecule has 3 nitrogen and oxygen atoms in total. The van der Waals surface area contributed by atoms with Crippen LogP contribution in [0.25, 0.3) is 55.6 Å². The van der Waals surface area contributed by atoms with Crippen LogP contribution in [0.4, 0.5) is 0 Å². The Morgan fingerprint density at radius 3 is 2.17 bits per heavy atom. The summed E-state index contributed by atoms with van der Waals surface area (Å²) in [7, 11) is 0. The summed E-state index contributed by atoms with van der Waals surface area (Å²) >= 11 is -2.30. The summed E-state index contributed by atoms with van der Waals surface area (Å²) in [6.07, 6.45) is 3.68. The average Bonchev–Trinajstić information content (AvgIpc) is 3.59. The summed E-state index contributed by atoms with van der Waals surface area (Å²) < 4.78 is 47.7. The molecule has 8 rings (SSSR count). The van der Waals surface area contributed by atoms with Crippen molar-refractivity contribution in [3.05, 3.63) is 174 Å². The monoisotopic (exact) mass is 950 g/mol. The van der Waals surface area contributed by atoms with E-state index in [1.165, 1.54) is 10.5 Å². The van der Waals surface area contributed by atoms with E-state index >= 15 is 0 Å². The standard InChI is InChI=1S/C26H20NO.C23H26GeN.Ir/c1-17(2)19-13-14-27-24(15-19)23-10-6-9-22-21-12-11-20(16-25(21)28-26(22)23)18-7-4-3-5-8-18;1-17-11-13-20(14-12-17)23-15-21(22(16-25-23)24(3,4)5)18(2)19-9-7-6-8-10-19;/h3-9,11-17H,1-2H3;6-13,15-16,18H,1-5H3;/q2*-1;/i17D;1D3,18D;. The van der Waals surface area contributed by atoms with E-state index in [0.717, 1.165) is 66.6 Å². The molecule has 0 fully saturated rings. The molecule has 0 saturated carbocycles. The number of benzene rings is 5. The van der Waals surface area contributed by atoms with Gasteiger partial charge >= 0.3 is 160 Å². The minimum absolute atomic E-state index is 0. The number of pyridine rings is 2. The van der Waals surface area contributed by atoms with Gasteiger partial charge in [-0.3, -0.25) is 0 Å². The molecular formula is C49H46GeIrN2O-2. The van der Waals surface area contributed by atoms with E-state index < -0.39 is 31.9 Å². The van der Waals surface area contributed by atoms with Gasteiger partial charge < -0.3 is 9.40 Å². The molecule has 54 heavy (non-hydrogen) atoms. The third kappa shape index (κ3) is 8.52. The van der Waals surface area contributed by atoms with Crippen LogP contribution in [0.2, 0.25) is 17.3 Å². The van der Waals surface area contributed by atoms with Gasteiger partial charge in [0, 0.05) is 33.1 Å². The molecule has 0 N–H and O–H groups in total. The molecule has 8 aromatic rings. The van der Waals surface area contributed by atoms with E-state index in [4.69, 9.17) is 9.90 Å². The van der Waals surface area contributed by atoms with Gasteiger partial charge in [-0.2, -0.15) is 0 Å². The number of furan rings is 1. The van der Waals surface area contributed by atoms with Crippen LogP contribution in [0.1, 0.15) is 61.7 Å². The average molecular weight is 949 g/mol. The number of aromatic nitrogens is 2. The molecule has 0 spiro atoms. The van der Waals surface area contributed by atoms with Crippen LogP contribution in [0.5, 0.6) is 0 Å². The molecule has 273 valence electrons. The quantitative estimate of drug-likeness (QED) is 0.118. The summed E-state index contributed by atoms with van der Waals surface area (Å²) in [6.45, 7) is 3.54. The predicted molar refractivity (Wildman–Crippen MR) is 225 cm³/mol. The molecule has 1 radical (unpaired) electrons. The third-order valence-corrected chi connectivity index (χ3v) is 13.8. The van der Waals surface area contributed by atoms with Gasteiger partial charge in [-0.15, -0.1) is 18.2 Å². The Kier molecular flexibility index (Phi) is 10.2. The number of aryl methyl sites for hydroxylation is 1. The number of nitrogens with zero attached hydrogens (tertiary/aromatic N) is 2. The van der Waals surface area contributed by atoms with Gasteiger partial charge in [0.1, 0.15) is 5.58 Å². The Morgan fingerprint density at radius 2 is 1.48 bits per heavy atom. The van der Waals surface area contributed by atoms with E-state index in [0.29, 0.717) is 5.69 Å². The van der Waals surface area contributed by atoms with Crippen molar-refractivity contribution in [2.45, 2.75) is 56.7 Å². The Morgan fingerprint density at radius 1 is 0.722 bits per heavy atom. The fourth-order valence-corrected chi connectivity index (χ4v) is 9.75. The first kappa shape index (κ1) is 32.8. The second-order valence-corrected chi connectivity index (χ2v) is 25.1. The van der Waals surface area contributed by atoms with E-state index in [1.807, 2.05) is 106 Å². The second-order valence-electron chi connectivity index (χ2n) is 14.6. The van der Waals surface area contributed by atoms with Gasteiger partial charge in [-0.05, 0) is 34.8 Å². The van der Waals surface area contributed by atoms with Gasteiger partial charge in [-0.1, -0.05) is 78.9 Å². The van der Waals surface area contributed by atoms with Crippen LogP contribution in [0.15, 0.2) is 144 Å². The van der Waals surface area contributed by atoms with Crippen LogP contribution in [0.3, 0.4) is 0 Å². The minimum atomic E-state index is -2.30. The molecule has 0 saturated heterocycles. The maximum absolute atomic E-state index is 9.22. The molecule has 0 aliphatic rings. The molecular weight excluding hydrogens is 897 g/mol. The first-order chi connectivity index (χ1) is 27.4. The summed E-state index contributed by atoms with van der Waals surface area (Å²) in [5.74, 6) is 5.31. The molecule has 5 heteroatoms. The zero-order chi connectivity index (χ0) is 41.5. The summed E-state index contributed by atoms with van der Waals surface area (Å²) in [6, 6.07) is 47.5. The Labute approximate surface area is 343 Å². The van der Waals surface area contributed by atoms with E-state index in [2.05, 4.69) is 69.7 Å². The molecule has 0 amide bonds. The molecule has 3 heterocycles. The van der Waals surface area contributed by atoms with Crippen LogP contribution in [-0.4, -0.2) is 23.2 Å². The van der Waals surface area contributed by atoms with Crippen molar-refractivity contribution in [1.82, 2.24) is 9.97 Å². The molecule has 3 aromatic heterocycles. The second kappa shape index (κ2) is 16.8. The molecule has 0 aliphatic heterocycles. The maximum atomic E-state index is 9.22. The van der Waals surface area contributed by atoms with E-state index in [1.54, 1.807) is 18.3 Å². The molecule has 1 atom stereocenters. The fourth-order valence-electron chi connectivity index (χ4n) is 6.56. The zero-order valence-electron chi connectivity index (χ0n) is 36.4. The molecule has 0 aliphatic carbocycles. The predicted octanol–water partition coefficient (Wildman–Crippen LogP) is 12.8. The number of rotatable bonds is 7. The molecule has 5 aromatic carbocycles. The van der Waals surface area contributed by atoms with E-state index in [9.17, 15) is 1.37 Å². The minimum Gasteiger partial charge on any atom is 0 e. The Hall–Kier alpha value is -4.61. The van der Waals surface area contributed by atoms with Gasteiger partial charge in [-0.25, -0.2) is 0 Å². The first-order valence-electron chi connectivity index (χ1n) is 20.4. The molecule has 0 bridgehead atoms. The van der Waals surface area contributed by atoms with Crippen LogP contribution in [-0.2, 0) is 20.1 Å². The van der Waals surface area contributed by atoms with Crippen LogP contribution in [0, 0.1) is 19.0 Å². The van der Waals surface area contributed by atoms with Gasteiger partial charge in [0.25, 0.3) is 0 Å². The van der Waals surface area contributed by atoms with Crippen LogP contribution < -0.4 is 4.40 Å². The van der Waals surface area contributed by atoms with Crippen molar-refractivity contribution in [3.63, 3.8) is 0 Å². The summed E-state index contributed by atoms with van der Waals surface area (Å²) in [5.41, 5.74) is 10.0. The topological polar surface area (TPSA) is 38.9 Å². The van der Waals surface area contributed by atoms with Gasteiger partial charge in [0.15, 0.2) is 0 Å². The van der Waals surface area contributed by atoms with Crippen LogP contribution >= 0.6 is 0 Å². The maximum Gasteiger partial charge on any atom is 0 e. The summed E-state index contributed by atoms with van der Waals surface area (Å²) in [4.78, 5) is 9.20. The van der Waals surface area contributed by atoms with Crippen molar-refractivity contribution in [1.29, 1.82) is 0 Å². The first-order valence-corrected chi connectivity index (χ1v) is 25.2. The summed E-state index contributed by atoms with van der Waals surface area (Å²) in [5, 5.41) is 2.12. The smallest absolute Gasteiger partial charge is 0 e.